The molecule has 1 amide bonds. The van der Waals surface area contributed by atoms with Crippen LogP contribution in [-0.4, -0.2) is 27.0 Å². The van der Waals surface area contributed by atoms with Gasteiger partial charge >= 0.3 is 5.97 Å². The average molecular weight is 530 g/mol. The van der Waals surface area contributed by atoms with Gasteiger partial charge in [-0.2, -0.15) is 0 Å². The van der Waals surface area contributed by atoms with Gasteiger partial charge < -0.3 is 10.4 Å². The molecule has 0 fully saturated rings. The Morgan fingerprint density at radius 3 is 2.54 bits per heavy atom. The van der Waals surface area contributed by atoms with Crippen molar-refractivity contribution in [2.75, 3.05) is 0 Å². The van der Waals surface area contributed by atoms with Crippen LogP contribution in [0.3, 0.4) is 0 Å². The largest absolute Gasteiger partial charge is 0.481 e. The first-order chi connectivity index (χ1) is 18.8. The summed E-state index contributed by atoms with van der Waals surface area (Å²) in [6.07, 6.45) is 3.98. The molecule has 5 rings (SSSR count). The van der Waals surface area contributed by atoms with Gasteiger partial charge in [-0.05, 0) is 104 Å². The predicted octanol–water partition coefficient (Wildman–Crippen LogP) is 6.43. The highest BCUT2D eigenvalue weighted by atomic mass is 19.1. The van der Waals surface area contributed by atoms with Crippen LogP contribution < -0.4 is 5.32 Å². The van der Waals surface area contributed by atoms with Crippen molar-refractivity contribution in [1.29, 1.82) is 0 Å². The molecule has 8 heteroatoms. The van der Waals surface area contributed by atoms with Crippen molar-refractivity contribution in [3.8, 4) is 11.3 Å². The van der Waals surface area contributed by atoms with Crippen molar-refractivity contribution in [3.05, 3.63) is 94.7 Å². The summed E-state index contributed by atoms with van der Waals surface area (Å²) < 4.78 is 27.3. The number of carbonyl (C=O) groups is 2. The van der Waals surface area contributed by atoms with Gasteiger partial charge in [0.15, 0.2) is 0 Å². The van der Waals surface area contributed by atoms with Crippen LogP contribution in [0.2, 0.25) is 0 Å². The Morgan fingerprint density at radius 1 is 1.00 bits per heavy atom. The van der Waals surface area contributed by atoms with E-state index in [2.05, 4.69) is 5.32 Å². The summed E-state index contributed by atoms with van der Waals surface area (Å²) in [5.41, 5.74) is 5.41. The fraction of sp³-hybridized carbons (Fsp3) is 0.290. The van der Waals surface area contributed by atoms with Crippen LogP contribution in [0.1, 0.15) is 65.8 Å². The van der Waals surface area contributed by atoms with Gasteiger partial charge in [0.05, 0.1) is 34.4 Å². The second-order valence-electron chi connectivity index (χ2n) is 10.1. The Kier molecular flexibility index (Phi) is 7.63. The number of aliphatic carboxylic acids is 1. The number of fused-ring (bicyclic) bond motifs is 2. The summed E-state index contributed by atoms with van der Waals surface area (Å²) in [4.78, 5) is 34.1. The summed E-state index contributed by atoms with van der Waals surface area (Å²) in [6, 6.07) is 15.7. The number of carboxylic acids is 1. The summed E-state index contributed by atoms with van der Waals surface area (Å²) in [5.74, 6) is -2.21. The van der Waals surface area contributed by atoms with E-state index in [0.29, 0.717) is 52.8 Å². The van der Waals surface area contributed by atoms with Crippen molar-refractivity contribution in [1.82, 2.24) is 15.3 Å². The van der Waals surface area contributed by atoms with Crippen LogP contribution in [0.15, 0.2) is 60.7 Å². The van der Waals surface area contributed by atoms with Crippen molar-refractivity contribution in [2.24, 2.45) is 5.92 Å². The number of hydrogen-bond acceptors (Lipinski definition) is 4. The maximum atomic E-state index is 13.7. The number of amides is 1. The molecule has 0 bridgehead atoms. The van der Waals surface area contributed by atoms with Crippen LogP contribution in [0.4, 0.5) is 8.78 Å². The van der Waals surface area contributed by atoms with Gasteiger partial charge in [0, 0.05) is 11.1 Å². The number of nitrogens with one attached hydrogen (secondary N) is 1. The third kappa shape index (κ3) is 5.95. The highest BCUT2D eigenvalue weighted by Gasteiger charge is 2.23. The van der Waals surface area contributed by atoms with E-state index in [1.165, 1.54) is 24.3 Å². The monoisotopic (exact) mass is 529 g/mol. The third-order valence-electron chi connectivity index (χ3n) is 7.31. The van der Waals surface area contributed by atoms with Gasteiger partial charge in [-0.3, -0.25) is 9.59 Å². The molecular weight excluding hydrogens is 500 g/mol. The Morgan fingerprint density at radius 2 is 1.77 bits per heavy atom. The molecule has 39 heavy (non-hydrogen) atoms. The molecule has 2 atom stereocenters. The minimum absolute atomic E-state index is 0.198. The number of halogens is 2. The maximum Gasteiger partial charge on any atom is 0.306 e. The van der Waals surface area contributed by atoms with E-state index < -0.39 is 11.9 Å². The molecule has 200 valence electrons. The molecular formula is C31H29F2N3O3. The quantitative estimate of drug-likeness (QED) is 0.275. The van der Waals surface area contributed by atoms with E-state index >= 15 is 0 Å². The summed E-state index contributed by atoms with van der Waals surface area (Å²) >= 11 is 0. The van der Waals surface area contributed by atoms with Gasteiger partial charge in [0.2, 0.25) is 0 Å². The molecule has 0 saturated heterocycles. The number of carboxylic acid groups (broad SMARTS) is 1. The zero-order chi connectivity index (χ0) is 27.5. The van der Waals surface area contributed by atoms with Crippen molar-refractivity contribution < 1.29 is 23.5 Å². The fourth-order valence-corrected chi connectivity index (χ4v) is 5.12. The molecule has 1 aliphatic carbocycles. The lowest BCUT2D eigenvalue weighted by Crippen LogP contribution is -2.31. The van der Waals surface area contributed by atoms with Crippen LogP contribution in [0.25, 0.3) is 22.3 Å². The number of nitrogens with zero attached hydrogens (tertiary/aromatic N) is 2. The lowest BCUT2D eigenvalue weighted by Gasteiger charge is -2.26. The molecule has 4 aromatic rings. The average Bonchev–Trinajstić information content (AvgIpc) is 2.92. The highest BCUT2D eigenvalue weighted by Crippen LogP contribution is 2.31. The molecule has 0 saturated carbocycles. The van der Waals surface area contributed by atoms with Gasteiger partial charge in [-0.15, -0.1) is 0 Å². The van der Waals surface area contributed by atoms with Crippen molar-refractivity contribution >= 4 is 22.9 Å². The van der Waals surface area contributed by atoms with Gasteiger partial charge in [0.1, 0.15) is 11.6 Å². The van der Waals surface area contributed by atoms with E-state index in [4.69, 9.17) is 9.97 Å². The number of carbonyl (C=O) groups excluding carboxylic acids is 1. The number of hydrogen-bond donors (Lipinski definition) is 2. The number of aryl methyl sites for hydroxylation is 2. The maximum absolute atomic E-state index is 13.7. The van der Waals surface area contributed by atoms with Crippen molar-refractivity contribution in [2.45, 2.75) is 51.5 Å². The van der Waals surface area contributed by atoms with Crippen LogP contribution >= 0.6 is 0 Å². The topological polar surface area (TPSA) is 92.2 Å². The van der Waals surface area contributed by atoms with E-state index in [0.717, 1.165) is 30.4 Å². The number of aromatic nitrogens is 2. The molecule has 0 spiro atoms. The van der Waals surface area contributed by atoms with E-state index in [1.807, 2.05) is 0 Å². The normalized spacial score (nSPS) is 15.5. The number of benzene rings is 3. The Balaban J connectivity index is 1.43. The highest BCUT2D eigenvalue weighted by molar-refractivity contribution is 5.97. The smallest absolute Gasteiger partial charge is 0.306 e. The van der Waals surface area contributed by atoms with Crippen LogP contribution in [0, 0.1) is 17.6 Å². The van der Waals surface area contributed by atoms with Gasteiger partial charge in [-0.1, -0.05) is 13.0 Å². The van der Waals surface area contributed by atoms with Crippen molar-refractivity contribution in [3.63, 3.8) is 0 Å². The second-order valence-corrected chi connectivity index (χ2v) is 10.1. The Hall–Kier alpha value is -4.20. The lowest BCUT2D eigenvalue weighted by molar-refractivity contribution is -0.141. The minimum atomic E-state index is -0.847. The van der Waals surface area contributed by atoms with Crippen LogP contribution in [0.5, 0.6) is 0 Å². The Labute approximate surface area is 225 Å². The van der Waals surface area contributed by atoms with E-state index in [9.17, 15) is 23.5 Å². The third-order valence-corrected chi connectivity index (χ3v) is 7.31. The summed E-state index contributed by atoms with van der Waals surface area (Å²) in [7, 11) is 0. The Bertz CT molecular complexity index is 1540. The number of rotatable bonds is 8. The molecule has 0 aliphatic heterocycles. The zero-order valence-electron chi connectivity index (χ0n) is 21.6. The first kappa shape index (κ1) is 26.4. The lowest BCUT2D eigenvalue weighted by atomic mass is 9.87. The molecule has 1 aliphatic rings. The minimum Gasteiger partial charge on any atom is -0.481 e. The molecule has 2 N–H and O–H groups in total. The van der Waals surface area contributed by atoms with E-state index in [1.54, 1.807) is 43.3 Å². The van der Waals surface area contributed by atoms with Gasteiger partial charge in [0.25, 0.3) is 5.91 Å². The molecule has 0 radical (unpaired) electrons. The molecule has 3 aromatic carbocycles. The van der Waals surface area contributed by atoms with Gasteiger partial charge in [-0.25, -0.2) is 18.7 Å². The molecule has 1 heterocycles. The first-order valence-electron chi connectivity index (χ1n) is 13.2. The van der Waals surface area contributed by atoms with E-state index in [-0.39, 0.29) is 23.6 Å². The summed E-state index contributed by atoms with van der Waals surface area (Å²) in [5, 5.41) is 12.3. The second kappa shape index (κ2) is 11.3. The standard InChI is InChI=1S/C31H29F2N3O3/c1-18(31(38)39)4-2-7-27-29(19-8-11-22(32)12-9-19)35-26-15-10-21(17-28(26)34-27)30(37)36-25-6-3-5-20-16-23(33)13-14-24(20)25/h8-18,25H,2-7H2,1H3,(H,36,37)(H,38,39)/t18-,25+/m0/s1. The molecule has 0 unspecified atom stereocenters. The first-order valence-corrected chi connectivity index (χ1v) is 13.2. The molecule has 1 aromatic heterocycles. The summed E-state index contributed by atoms with van der Waals surface area (Å²) in [6.45, 7) is 1.67. The SMILES string of the molecule is C[C@@H](CCCc1nc2cc(C(=O)N[C@@H]3CCCc4cc(F)ccc43)ccc2nc1-c1ccc(F)cc1)C(=O)O. The fourth-order valence-electron chi connectivity index (χ4n) is 5.12. The molecule has 6 nitrogen and oxygen atoms in total. The zero-order valence-corrected chi connectivity index (χ0v) is 21.6. The van der Waals surface area contributed by atoms with Crippen LogP contribution in [-0.2, 0) is 17.6 Å². The predicted molar refractivity (Wildman–Crippen MR) is 144 cm³/mol.